The fourth-order valence-corrected chi connectivity index (χ4v) is 4.61. The third kappa shape index (κ3) is 3.62. The normalized spacial score (nSPS) is 22.5. The molecule has 0 bridgehead atoms. The van der Waals surface area contributed by atoms with Crippen molar-refractivity contribution in [3.8, 4) is 16.9 Å². The highest BCUT2D eigenvalue weighted by Gasteiger charge is 2.35. The van der Waals surface area contributed by atoms with Crippen LogP contribution >= 0.6 is 0 Å². The average molecular weight is 349 g/mol. The number of likely N-dealkylation sites (tertiary alicyclic amines) is 1. The number of hydrogen-bond donors (Lipinski definition) is 0. The lowest BCUT2D eigenvalue weighted by atomic mass is 9.78. The highest BCUT2D eigenvalue weighted by molar-refractivity contribution is 5.79. The zero-order chi connectivity index (χ0) is 17.8. The molecule has 1 saturated heterocycles. The number of hydrogen-bond acceptors (Lipinski definition) is 2. The van der Waals surface area contributed by atoms with Gasteiger partial charge in [0.25, 0.3) is 5.91 Å². The van der Waals surface area contributed by atoms with Gasteiger partial charge in [-0.25, -0.2) is 0 Å². The van der Waals surface area contributed by atoms with Crippen molar-refractivity contribution in [2.75, 3.05) is 13.2 Å². The number of para-hydroxylation sites is 1. The number of piperidine rings is 1. The zero-order valence-electron chi connectivity index (χ0n) is 15.3. The van der Waals surface area contributed by atoms with Crippen LogP contribution < -0.4 is 4.74 Å². The van der Waals surface area contributed by atoms with Crippen LogP contribution in [0.3, 0.4) is 0 Å². The van der Waals surface area contributed by atoms with Crippen molar-refractivity contribution in [1.82, 2.24) is 4.90 Å². The first kappa shape index (κ1) is 17.1. The second-order valence-corrected chi connectivity index (χ2v) is 7.49. The van der Waals surface area contributed by atoms with Crippen LogP contribution in [0.15, 0.2) is 54.6 Å². The summed E-state index contributed by atoms with van der Waals surface area (Å²) in [6.07, 6.45) is 7.44. The molecule has 2 atom stereocenters. The monoisotopic (exact) mass is 349 g/mol. The summed E-state index contributed by atoms with van der Waals surface area (Å²) >= 11 is 0. The number of amides is 1. The summed E-state index contributed by atoms with van der Waals surface area (Å²) in [7, 11) is 0. The van der Waals surface area contributed by atoms with Gasteiger partial charge in [-0.05, 0) is 43.2 Å². The summed E-state index contributed by atoms with van der Waals surface area (Å²) in [6, 6.07) is 18.6. The molecule has 2 aromatic rings. The molecule has 136 valence electrons. The quantitative estimate of drug-likeness (QED) is 0.784. The Bertz CT molecular complexity index is 741. The molecule has 4 rings (SSSR count). The summed E-state index contributed by atoms with van der Waals surface area (Å²) < 4.78 is 6.00. The molecule has 0 N–H and O–H groups in total. The number of ether oxygens (including phenoxy) is 1. The molecule has 3 nitrogen and oxygen atoms in total. The number of carbonyl (C=O) groups is 1. The fourth-order valence-electron chi connectivity index (χ4n) is 4.61. The molecular formula is C23H27NO2. The van der Waals surface area contributed by atoms with Crippen molar-refractivity contribution in [3.63, 3.8) is 0 Å². The number of fused-ring (bicyclic) bond motifs is 1. The lowest BCUT2D eigenvalue weighted by Crippen LogP contribution is -2.51. The molecule has 1 saturated carbocycles. The predicted octanol–water partition coefficient (Wildman–Crippen LogP) is 4.91. The van der Waals surface area contributed by atoms with Gasteiger partial charge in [0.15, 0.2) is 6.61 Å². The third-order valence-corrected chi connectivity index (χ3v) is 5.89. The van der Waals surface area contributed by atoms with Crippen LogP contribution in [0.4, 0.5) is 0 Å². The molecule has 26 heavy (non-hydrogen) atoms. The van der Waals surface area contributed by atoms with Crippen LogP contribution in [-0.4, -0.2) is 30.0 Å². The highest BCUT2D eigenvalue weighted by atomic mass is 16.5. The molecule has 1 amide bonds. The van der Waals surface area contributed by atoms with E-state index in [0.717, 1.165) is 36.3 Å². The van der Waals surface area contributed by atoms with Crippen molar-refractivity contribution in [2.24, 2.45) is 5.92 Å². The van der Waals surface area contributed by atoms with E-state index in [2.05, 4.69) is 17.0 Å². The van der Waals surface area contributed by atoms with Gasteiger partial charge in [0.1, 0.15) is 5.75 Å². The summed E-state index contributed by atoms with van der Waals surface area (Å²) in [5, 5.41) is 0. The van der Waals surface area contributed by atoms with Crippen LogP contribution in [-0.2, 0) is 4.79 Å². The van der Waals surface area contributed by atoms with Gasteiger partial charge in [-0.2, -0.15) is 0 Å². The minimum absolute atomic E-state index is 0.132. The topological polar surface area (TPSA) is 29.5 Å². The minimum Gasteiger partial charge on any atom is -0.483 e. The van der Waals surface area contributed by atoms with Crippen LogP contribution in [0.25, 0.3) is 11.1 Å². The van der Waals surface area contributed by atoms with Crippen molar-refractivity contribution in [2.45, 2.75) is 44.6 Å². The molecule has 3 heteroatoms. The maximum Gasteiger partial charge on any atom is 0.260 e. The van der Waals surface area contributed by atoms with Gasteiger partial charge < -0.3 is 9.64 Å². The van der Waals surface area contributed by atoms with Crippen LogP contribution in [0.5, 0.6) is 5.75 Å². The smallest absolute Gasteiger partial charge is 0.260 e. The number of carbonyl (C=O) groups excluding carboxylic acids is 1. The van der Waals surface area contributed by atoms with Crippen LogP contribution in [0.1, 0.15) is 38.5 Å². The number of benzene rings is 2. The molecule has 1 heterocycles. The molecule has 0 radical (unpaired) electrons. The standard InChI is InChI=1S/C23H27NO2/c25-23(24-16-8-12-19-11-4-6-14-21(19)24)17-26-22-15-7-5-13-20(22)18-9-2-1-3-10-18/h1-3,5,7,9-10,13,15,19,21H,4,6,8,11-12,14,16-17H2/t19-,21+/m1/s1. The summed E-state index contributed by atoms with van der Waals surface area (Å²) in [4.78, 5) is 15.0. The fraction of sp³-hybridized carbons (Fsp3) is 0.435. The molecule has 1 aliphatic heterocycles. The molecular weight excluding hydrogens is 322 g/mol. The third-order valence-electron chi connectivity index (χ3n) is 5.89. The number of nitrogens with zero attached hydrogens (tertiary/aromatic N) is 1. The van der Waals surface area contributed by atoms with Crippen molar-refractivity contribution in [1.29, 1.82) is 0 Å². The highest BCUT2D eigenvalue weighted by Crippen LogP contribution is 2.35. The second kappa shape index (κ2) is 7.94. The van der Waals surface area contributed by atoms with Gasteiger partial charge >= 0.3 is 0 Å². The molecule has 1 aliphatic carbocycles. The Morgan fingerprint density at radius 3 is 2.54 bits per heavy atom. The summed E-state index contributed by atoms with van der Waals surface area (Å²) in [6.45, 7) is 1.02. The second-order valence-electron chi connectivity index (χ2n) is 7.49. The molecule has 0 spiro atoms. The lowest BCUT2D eigenvalue weighted by Gasteiger charge is -2.44. The lowest BCUT2D eigenvalue weighted by molar-refractivity contribution is -0.139. The van der Waals surface area contributed by atoms with Crippen molar-refractivity contribution >= 4 is 5.91 Å². The first-order valence-corrected chi connectivity index (χ1v) is 9.89. The van der Waals surface area contributed by atoms with E-state index in [1.165, 1.54) is 25.7 Å². The van der Waals surface area contributed by atoms with Crippen LogP contribution in [0, 0.1) is 5.92 Å². The van der Waals surface area contributed by atoms with Gasteiger partial charge in [-0.1, -0.05) is 61.4 Å². The SMILES string of the molecule is O=C(COc1ccccc1-c1ccccc1)N1CCC[C@H]2CCCC[C@@H]21. The van der Waals surface area contributed by atoms with Gasteiger partial charge in [-0.3, -0.25) is 4.79 Å². The maximum absolute atomic E-state index is 12.9. The van der Waals surface area contributed by atoms with E-state index in [1.807, 2.05) is 42.5 Å². The van der Waals surface area contributed by atoms with E-state index >= 15 is 0 Å². The molecule has 0 unspecified atom stereocenters. The maximum atomic E-state index is 12.9. The Labute approximate surface area is 156 Å². The van der Waals surface area contributed by atoms with E-state index in [9.17, 15) is 4.79 Å². The number of rotatable bonds is 4. The van der Waals surface area contributed by atoms with Gasteiger partial charge in [0.2, 0.25) is 0 Å². The zero-order valence-corrected chi connectivity index (χ0v) is 15.3. The van der Waals surface area contributed by atoms with Gasteiger partial charge in [-0.15, -0.1) is 0 Å². The van der Waals surface area contributed by atoms with E-state index in [1.54, 1.807) is 0 Å². The molecule has 2 fully saturated rings. The van der Waals surface area contributed by atoms with Crippen molar-refractivity contribution in [3.05, 3.63) is 54.6 Å². The molecule has 2 aromatic carbocycles. The Kier molecular flexibility index (Phi) is 5.24. The minimum atomic E-state index is 0.132. The average Bonchev–Trinajstić information content (AvgIpc) is 2.72. The Balaban J connectivity index is 1.45. The Morgan fingerprint density at radius 1 is 0.923 bits per heavy atom. The molecule has 0 aromatic heterocycles. The van der Waals surface area contributed by atoms with E-state index < -0.39 is 0 Å². The van der Waals surface area contributed by atoms with E-state index in [0.29, 0.717) is 12.0 Å². The molecule has 2 aliphatic rings. The van der Waals surface area contributed by atoms with Crippen molar-refractivity contribution < 1.29 is 9.53 Å². The first-order valence-electron chi connectivity index (χ1n) is 9.89. The van der Waals surface area contributed by atoms with Gasteiger partial charge in [0, 0.05) is 18.2 Å². The van der Waals surface area contributed by atoms with Gasteiger partial charge in [0.05, 0.1) is 0 Å². The van der Waals surface area contributed by atoms with Crippen LogP contribution in [0.2, 0.25) is 0 Å². The van der Waals surface area contributed by atoms with E-state index in [-0.39, 0.29) is 12.5 Å². The summed E-state index contributed by atoms with van der Waals surface area (Å²) in [5.41, 5.74) is 2.15. The Hall–Kier alpha value is -2.29. The van der Waals surface area contributed by atoms with E-state index in [4.69, 9.17) is 4.74 Å². The largest absolute Gasteiger partial charge is 0.483 e. The Morgan fingerprint density at radius 2 is 1.65 bits per heavy atom. The predicted molar refractivity (Wildman–Crippen MR) is 104 cm³/mol. The summed E-state index contributed by atoms with van der Waals surface area (Å²) in [5.74, 6) is 1.63. The first-order chi connectivity index (χ1) is 12.8.